The monoisotopic (exact) mass is 637 g/mol. The van der Waals surface area contributed by atoms with Gasteiger partial charge in [-0.1, -0.05) is 97.1 Å². The molecular weight excluding hydrogens is 601 g/mol. The Hall–Kier alpha value is -2.94. The quantitative estimate of drug-likeness (QED) is 0.271. The van der Waals surface area contributed by atoms with Crippen LogP contribution in [0.25, 0.3) is 10.8 Å². The lowest BCUT2D eigenvalue weighted by atomic mass is 9.87. The fourth-order valence-electron chi connectivity index (χ4n) is 6.05. The van der Waals surface area contributed by atoms with E-state index >= 15 is 0 Å². The van der Waals surface area contributed by atoms with Crippen molar-refractivity contribution in [2.75, 3.05) is 4.43 Å². The number of piperazine rings is 1. The molecule has 3 amide bonds. The minimum atomic E-state index is -0.909. The number of hydrogen-bond acceptors (Lipinski definition) is 3. The number of nitrogens with zero attached hydrogens (tertiary/aromatic N) is 1. The summed E-state index contributed by atoms with van der Waals surface area (Å²) in [4.78, 5) is 43.8. The lowest BCUT2D eigenvalue weighted by Crippen LogP contribution is -2.67. The summed E-state index contributed by atoms with van der Waals surface area (Å²) in [5, 5.41) is 8.25. The van der Waals surface area contributed by atoms with E-state index in [0.717, 1.165) is 33.6 Å². The molecule has 0 radical (unpaired) electrons. The molecule has 5 rings (SSSR count). The summed E-state index contributed by atoms with van der Waals surface area (Å²) < 4.78 is 0.737. The molecule has 1 aliphatic carbocycles. The summed E-state index contributed by atoms with van der Waals surface area (Å²) >= 11 is 2.25. The van der Waals surface area contributed by atoms with Crippen LogP contribution in [0.2, 0.25) is 0 Å². The zero-order chi connectivity index (χ0) is 27.7. The summed E-state index contributed by atoms with van der Waals surface area (Å²) in [6, 6.07) is 19.7. The van der Waals surface area contributed by atoms with Gasteiger partial charge in [0.1, 0.15) is 18.1 Å². The van der Waals surface area contributed by atoms with E-state index in [1.54, 1.807) is 4.90 Å². The van der Waals surface area contributed by atoms with Gasteiger partial charge in [0, 0.05) is 10.5 Å². The summed E-state index contributed by atoms with van der Waals surface area (Å²) in [5.41, 5.74) is 3.16. The van der Waals surface area contributed by atoms with E-state index in [1.807, 2.05) is 75.4 Å². The van der Waals surface area contributed by atoms with E-state index in [-0.39, 0.29) is 35.6 Å². The van der Waals surface area contributed by atoms with E-state index in [4.69, 9.17) is 0 Å². The lowest BCUT2D eigenvalue weighted by molar-refractivity contribution is -0.158. The van der Waals surface area contributed by atoms with Crippen molar-refractivity contribution in [2.45, 2.75) is 64.2 Å². The molecule has 3 aromatic carbocycles. The van der Waals surface area contributed by atoms with Gasteiger partial charge in [0.05, 0.1) is 0 Å². The first-order chi connectivity index (χ1) is 18.8. The normalized spacial score (nSPS) is 21.1. The van der Waals surface area contributed by atoms with Crippen molar-refractivity contribution >= 4 is 51.1 Å². The molecule has 0 aromatic heterocycles. The zero-order valence-electron chi connectivity index (χ0n) is 22.7. The minimum absolute atomic E-state index is 0.0464. The van der Waals surface area contributed by atoms with Crippen molar-refractivity contribution < 1.29 is 14.4 Å². The second-order valence-corrected chi connectivity index (χ2v) is 12.3. The summed E-state index contributed by atoms with van der Waals surface area (Å²) in [5.74, 6) is -0.482. The molecule has 0 saturated carbocycles. The van der Waals surface area contributed by atoms with Crippen LogP contribution in [0.15, 0.2) is 66.7 Å². The molecule has 4 atom stereocenters. The maximum Gasteiger partial charge on any atom is 0.247 e. The highest BCUT2D eigenvalue weighted by Gasteiger charge is 2.49. The van der Waals surface area contributed by atoms with Gasteiger partial charge in [-0.05, 0) is 71.6 Å². The Kier molecular flexibility index (Phi) is 8.26. The van der Waals surface area contributed by atoms with Crippen LogP contribution < -0.4 is 10.6 Å². The van der Waals surface area contributed by atoms with Crippen molar-refractivity contribution in [3.63, 3.8) is 0 Å². The third-order valence-corrected chi connectivity index (χ3v) is 9.26. The number of nitrogens with one attached hydrogen (secondary N) is 2. The van der Waals surface area contributed by atoms with Crippen LogP contribution in [0.1, 0.15) is 49.9 Å². The molecule has 7 heteroatoms. The van der Waals surface area contributed by atoms with Crippen LogP contribution in [0, 0.1) is 11.8 Å². The summed E-state index contributed by atoms with van der Waals surface area (Å²) in [7, 11) is 0. The molecule has 1 saturated heterocycles. The topological polar surface area (TPSA) is 78.5 Å². The van der Waals surface area contributed by atoms with Crippen molar-refractivity contribution in [3.8, 4) is 0 Å². The fraction of sp³-hybridized carbons (Fsp3) is 0.406. The predicted octanol–water partition coefficient (Wildman–Crippen LogP) is 4.98. The minimum Gasteiger partial charge on any atom is -0.351 e. The van der Waals surface area contributed by atoms with Gasteiger partial charge in [0.25, 0.3) is 0 Å². The van der Waals surface area contributed by atoms with Gasteiger partial charge in [0.15, 0.2) is 0 Å². The van der Waals surface area contributed by atoms with Crippen molar-refractivity contribution in [1.82, 2.24) is 15.5 Å². The number of halogens is 1. The number of rotatable bonds is 8. The molecule has 3 aromatic rings. The zero-order valence-corrected chi connectivity index (χ0v) is 24.9. The Morgan fingerprint density at radius 2 is 1.62 bits per heavy atom. The molecular formula is C32H36IN3O3. The van der Waals surface area contributed by atoms with Gasteiger partial charge in [-0.3, -0.25) is 14.4 Å². The smallest absolute Gasteiger partial charge is 0.247 e. The molecule has 204 valence electrons. The molecule has 2 aliphatic rings. The number of alkyl halides is 1. The van der Waals surface area contributed by atoms with Crippen molar-refractivity contribution in [1.29, 1.82) is 0 Å². The molecule has 1 aliphatic heterocycles. The van der Waals surface area contributed by atoms with Crippen molar-refractivity contribution in [3.05, 3.63) is 83.4 Å². The largest absolute Gasteiger partial charge is 0.351 e. The number of amides is 3. The van der Waals surface area contributed by atoms with E-state index in [1.165, 1.54) is 11.1 Å². The SMILES string of the molecule is CC(C)C[C@@H]1C(=O)N[C@H](C2Cc3ccccc3C2)C(=O)N1C(C(=O)NC(C)CI)c1ccc2ccccc2c1. The number of benzene rings is 3. The molecule has 0 spiro atoms. The second-order valence-electron chi connectivity index (χ2n) is 11.4. The van der Waals surface area contributed by atoms with Gasteiger partial charge in [-0.25, -0.2) is 0 Å². The Labute approximate surface area is 244 Å². The van der Waals surface area contributed by atoms with E-state index in [2.05, 4.69) is 45.4 Å². The fourth-order valence-corrected chi connectivity index (χ4v) is 6.27. The average Bonchev–Trinajstić information content (AvgIpc) is 3.36. The third kappa shape index (κ3) is 5.69. The number of carbonyl (C=O) groups excluding carboxylic acids is 3. The number of fused-ring (bicyclic) bond motifs is 2. The Bertz CT molecular complexity index is 1360. The first-order valence-corrected chi connectivity index (χ1v) is 15.3. The molecule has 2 N–H and O–H groups in total. The van der Waals surface area contributed by atoms with E-state index in [0.29, 0.717) is 6.42 Å². The summed E-state index contributed by atoms with van der Waals surface area (Å²) in [6.07, 6.45) is 1.94. The highest BCUT2D eigenvalue weighted by molar-refractivity contribution is 14.1. The molecule has 2 unspecified atom stereocenters. The van der Waals surface area contributed by atoms with Crippen molar-refractivity contribution in [2.24, 2.45) is 11.8 Å². The Morgan fingerprint density at radius 3 is 2.26 bits per heavy atom. The molecule has 6 nitrogen and oxygen atoms in total. The highest BCUT2D eigenvalue weighted by Crippen LogP contribution is 2.36. The average molecular weight is 638 g/mol. The van der Waals surface area contributed by atoms with Crippen LogP contribution >= 0.6 is 22.6 Å². The molecule has 0 bridgehead atoms. The van der Waals surface area contributed by atoms with Gasteiger partial charge in [-0.15, -0.1) is 0 Å². The maximum absolute atomic E-state index is 14.5. The first-order valence-electron chi connectivity index (χ1n) is 13.8. The van der Waals surface area contributed by atoms with Gasteiger partial charge >= 0.3 is 0 Å². The second kappa shape index (κ2) is 11.7. The van der Waals surface area contributed by atoms with Crippen LogP contribution in [0.4, 0.5) is 0 Å². The van der Waals surface area contributed by atoms with Gasteiger partial charge < -0.3 is 15.5 Å². The predicted molar refractivity (Wildman–Crippen MR) is 163 cm³/mol. The first kappa shape index (κ1) is 27.6. The third-order valence-electron chi connectivity index (χ3n) is 7.94. The lowest BCUT2D eigenvalue weighted by Gasteiger charge is -2.45. The molecule has 1 heterocycles. The number of carbonyl (C=O) groups is 3. The highest BCUT2D eigenvalue weighted by atomic mass is 127. The number of hydrogen-bond donors (Lipinski definition) is 2. The van der Waals surface area contributed by atoms with Crippen LogP contribution in [-0.2, 0) is 27.2 Å². The standard InChI is InChI=1S/C32H36IN3O3/c1-19(2)14-27-30(37)35-28(26-16-23-10-6-7-11-24(23)17-26)32(39)36(27)29(31(38)34-20(3)18-33)25-13-12-21-8-4-5-9-22(21)15-25/h4-13,15,19-20,26-29H,14,16-18H2,1-3H3,(H,34,38)(H,35,37)/t20?,27-,28-,29?/m1/s1. The van der Waals surface area contributed by atoms with Gasteiger partial charge in [0.2, 0.25) is 17.7 Å². The van der Waals surface area contributed by atoms with E-state index in [9.17, 15) is 14.4 Å². The Morgan fingerprint density at radius 1 is 0.974 bits per heavy atom. The Balaban J connectivity index is 1.58. The van der Waals surface area contributed by atoms with Gasteiger partial charge in [-0.2, -0.15) is 0 Å². The van der Waals surface area contributed by atoms with Crippen LogP contribution in [0.3, 0.4) is 0 Å². The van der Waals surface area contributed by atoms with Crippen LogP contribution in [-0.4, -0.2) is 45.2 Å². The van der Waals surface area contributed by atoms with E-state index < -0.39 is 18.1 Å². The molecule has 1 fully saturated rings. The maximum atomic E-state index is 14.5. The summed E-state index contributed by atoms with van der Waals surface area (Å²) in [6.45, 7) is 6.04. The molecule has 39 heavy (non-hydrogen) atoms. The van der Waals surface area contributed by atoms with Crippen LogP contribution in [0.5, 0.6) is 0 Å².